The van der Waals surface area contributed by atoms with Crippen LogP contribution in [-0.2, 0) is 9.53 Å². The zero-order chi connectivity index (χ0) is 8.20. The molecule has 0 aromatic rings. The van der Waals surface area contributed by atoms with E-state index in [1.807, 2.05) is 0 Å². The molecule has 0 heterocycles. The second-order valence-electron chi connectivity index (χ2n) is 1.53. The number of hydrogen-bond donors (Lipinski definition) is 1. The summed E-state index contributed by atoms with van der Waals surface area (Å²) in [5.74, 6) is 0.559. The zero-order valence-corrected chi connectivity index (χ0v) is 5.42. The average Bonchev–Trinajstić information content (AvgIpc) is 1.87. The van der Waals surface area contributed by atoms with E-state index in [-0.39, 0.29) is 0 Å². The zero-order valence-electron chi connectivity index (χ0n) is 5.42. The normalized spacial score (nSPS) is 9.20. The molecule has 0 aromatic heterocycles. The molecule has 0 spiro atoms. The number of rotatable bonds is 1. The summed E-state index contributed by atoms with van der Waals surface area (Å²) in [6, 6.07) is 0. The van der Waals surface area contributed by atoms with Crippen LogP contribution in [0.2, 0.25) is 0 Å². The Labute approximate surface area is 59.0 Å². The highest BCUT2D eigenvalue weighted by Crippen LogP contribution is 2.02. The first-order valence-electron chi connectivity index (χ1n) is 2.41. The number of hydrogen-bond acceptors (Lipinski definition) is 3. The predicted octanol–water partition coefficient (Wildman–Crippen LogP) is -0.496. The van der Waals surface area contributed by atoms with Crippen molar-refractivity contribution in [2.24, 2.45) is 0 Å². The SMILES string of the molecule is C#CC(O)(C#C)OC(C)=O. The number of carbonyl (C=O) groups excluding carboxylic acids is 1. The Morgan fingerprint density at radius 1 is 1.60 bits per heavy atom. The molecular formula is C7H6O3. The van der Waals surface area contributed by atoms with Gasteiger partial charge < -0.3 is 9.84 Å². The minimum Gasteiger partial charge on any atom is -0.410 e. The van der Waals surface area contributed by atoms with Crippen LogP contribution in [0.15, 0.2) is 0 Å². The molecule has 0 saturated carbocycles. The second kappa shape index (κ2) is 2.91. The van der Waals surface area contributed by atoms with Crippen molar-refractivity contribution in [1.29, 1.82) is 0 Å². The summed E-state index contributed by atoms with van der Waals surface area (Å²) < 4.78 is 4.18. The lowest BCUT2D eigenvalue weighted by Crippen LogP contribution is -2.30. The van der Waals surface area contributed by atoms with Crippen LogP contribution in [0.3, 0.4) is 0 Å². The molecule has 0 bridgehead atoms. The lowest BCUT2D eigenvalue weighted by atomic mass is 10.3. The Morgan fingerprint density at radius 3 is 2.10 bits per heavy atom. The smallest absolute Gasteiger partial charge is 0.341 e. The Bertz CT molecular complexity index is 202. The third-order valence-electron chi connectivity index (χ3n) is 0.683. The van der Waals surface area contributed by atoms with Gasteiger partial charge in [0.2, 0.25) is 0 Å². The molecule has 0 radical (unpaired) electrons. The number of esters is 1. The first kappa shape index (κ1) is 8.55. The van der Waals surface area contributed by atoms with Gasteiger partial charge in [0.15, 0.2) is 0 Å². The summed E-state index contributed by atoms with van der Waals surface area (Å²) in [7, 11) is 0. The molecule has 0 aliphatic carbocycles. The van der Waals surface area contributed by atoms with Gasteiger partial charge in [-0.05, 0) is 11.8 Å². The Hall–Kier alpha value is -1.45. The van der Waals surface area contributed by atoms with Gasteiger partial charge in [0.05, 0.1) is 0 Å². The summed E-state index contributed by atoms with van der Waals surface area (Å²) in [4.78, 5) is 10.2. The maximum absolute atomic E-state index is 10.2. The number of aliphatic hydroxyl groups is 1. The minimum atomic E-state index is -2.19. The van der Waals surface area contributed by atoms with E-state index in [0.29, 0.717) is 0 Å². The van der Waals surface area contributed by atoms with Crippen LogP contribution in [0.25, 0.3) is 0 Å². The van der Waals surface area contributed by atoms with Crippen molar-refractivity contribution in [2.75, 3.05) is 0 Å². The van der Waals surface area contributed by atoms with E-state index in [9.17, 15) is 4.79 Å². The summed E-state index contributed by atoms with van der Waals surface area (Å²) in [6.45, 7) is 1.10. The fourth-order valence-corrected chi connectivity index (χ4v) is 0.309. The van der Waals surface area contributed by atoms with Crippen LogP contribution in [0.4, 0.5) is 0 Å². The molecular weight excluding hydrogens is 132 g/mol. The quantitative estimate of drug-likeness (QED) is 0.302. The molecule has 3 heteroatoms. The van der Waals surface area contributed by atoms with E-state index in [2.05, 4.69) is 4.74 Å². The highest BCUT2D eigenvalue weighted by molar-refractivity contribution is 5.67. The maximum Gasteiger partial charge on any atom is 0.341 e. The maximum atomic E-state index is 10.2. The fourth-order valence-electron chi connectivity index (χ4n) is 0.309. The van der Waals surface area contributed by atoms with Gasteiger partial charge in [-0.2, -0.15) is 0 Å². The number of ether oxygens (including phenoxy) is 1. The third kappa shape index (κ3) is 2.21. The molecule has 0 fully saturated rings. The summed E-state index contributed by atoms with van der Waals surface area (Å²) in [5.41, 5.74) is 0. The van der Waals surface area contributed by atoms with E-state index in [0.717, 1.165) is 6.92 Å². The molecule has 0 aromatic carbocycles. The van der Waals surface area contributed by atoms with Crippen LogP contribution in [0.1, 0.15) is 6.92 Å². The van der Waals surface area contributed by atoms with Gasteiger partial charge in [0.25, 0.3) is 0 Å². The van der Waals surface area contributed by atoms with Crippen molar-refractivity contribution in [2.45, 2.75) is 12.7 Å². The van der Waals surface area contributed by atoms with Crippen molar-refractivity contribution in [1.82, 2.24) is 0 Å². The molecule has 0 atom stereocenters. The van der Waals surface area contributed by atoms with Gasteiger partial charge in [-0.25, -0.2) is 0 Å². The van der Waals surface area contributed by atoms with E-state index >= 15 is 0 Å². The largest absolute Gasteiger partial charge is 0.410 e. The molecule has 0 unspecified atom stereocenters. The summed E-state index contributed by atoms with van der Waals surface area (Å²) >= 11 is 0. The van der Waals surface area contributed by atoms with E-state index in [1.165, 1.54) is 0 Å². The molecule has 52 valence electrons. The Balaban J connectivity index is 4.29. The van der Waals surface area contributed by atoms with Crippen LogP contribution < -0.4 is 0 Å². The summed E-state index contributed by atoms with van der Waals surface area (Å²) in [6.07, 6.45) is 9.49. The molecule has 0 saturated heterocycles. The first-order valence-corrected chi connectivity index (χ1v) is 2.41. The highest BCUT2D eigenvalue weighted by Gasteiger charge is 2.23. The summed E-state index contributed by atoms with van der Waals surface area (Å²) in [5, 5.41) is 8.88. The van der Waals surface area contributed by atoms with E-state index in [1.54, 1.807) is 11.8 Å². The van der Waals surface area contributed by atoms with Crippen molar-refractivity contribution >= 4 is 5.97 Å². The average molecular weight is 138 g/mol. The molecule has 1 N–H and O–H groups in total. The minimum absolute atomic E-state index is 0.724. The predicted molar refractivity (Wildman–Crippen MR) is 34.4 cm³/mol. The van der Waals surface area contributed by atoms with Crippen molar-refractivity contribution in [3.05, 3.63) is 0 Å². The van der Waals surface area contributed by atoms with Crippen molar-refractivity contribution in [3.8, 4) is 24.7 Å². The van der Waals surface area contributed by atoms with Gasteiger partial charge in [-0.1, -0.05) is 0 Å². The number of carbonyl (C=O) groups is 1. The van der Waals surface area contributed by atoms with Crippen molar-refractivity contribution in [3.63, 3.8) is 0 Å². The highest BCUT2D eigenvalue weighted by atomic mass is 16.7. The standard InChI is InChI=1S/C7H6O3/c1-4-7(9,5-2)10-6(3)8/h1-2,9H,3H3. The van der Waals surface area contributed by atoms with Gasteiger partial charge in [0, 0.05) is 6.92 Å². The molecule has 0 aliphatic heterocycles. The van der Waals surface area contributed by atoms with Gasteiger partial charge in [0.1, 0.15) is 0 Å². The Morgan fingerprint density at radius 2 is 2.00 bits per heavy atom. The lowest BCUT2D eigenvalue weighted by Gasteiger charge is -2.13. The van der Waals surface area contributed by atoms with Gasteiger partial charge in [-0.3, -0.25) is 4.79 Å². The molecule has 0 amide bonds. The number of terminal acetylenes is 2. The van der Waals surface area contributed by atoms with E-state index in [4.69, 9.17) is 18.0 Å². The third-order valence-corrected chi connectivity index (χ3v) is 0.683. The molecule has 10 heavy (non-hydrogen) atoms. The van der Waals surface area contributed by atoms with Gasteiger partial charge >= 0.3 is 11.8 Å². The second-order valence-corrected chi connectivity index (χ2v) is 1.53. The lowest BCUT2D eigenvalue weighted by molar-refractivity contribution is -0.169. The Kier molecular flexibility index (Phi) is 2.49. The molecule has 0 rings (SSSR count). The molecule has 0 aliphatic rings. The fraction of sp³-hybridized carbons (Fsp3) is 0.286. The van der Waals surface area contributed by atoms with E-state index < -0.39 is 11.8 Å². The molecule has 3 nitrogen and oxygen atoms in total. The van der Waals surface area contributed by atoms with Crippen LogP contribution in [0, 0.1) is 24.7 Å². The topological polar surface area (TPSA) is 46.5 Å². The van der Waals surface area contributed by atoms with Crippen LogP contribution in [0.5, 0.6) is 0 Å². The monoisotopic (exact) mass is 138 g/mol. The van der Waals surface area contributed by atoms with Crippen molar-refractivity contribution < 1.29 is 14.6 Å². The van der Waals surface area contributed by atoms with Crippen LogP contribution in [-0.4, -0.2) is 16.9 Å². The van der Waals surface area contributed by atoms with Crippen LogP contribution >= 0.6 is 0 Å². The van der Waals surface area contributed by atoms with Gasteiger partial charge in [-0.15, -0.1) is 12.8 Å². The first-order chi connectivity index (χ1) is 4.54.